The van der Waals surface area contributed by atoms with Gasteiger partial charge in [0, 0.05) is 12.0 Å². The van der Waals surface area contributed by atoms with Gasteiger partial charge in [0.15, 0.2) is 0 Å². The van der Waals surface area contributed by atoms with Gasteiger partial charge in [-0.1, -0.05) is 13.3 Å². The van der Waals surface area contributed by atoms with Crippen molar-refractivity contribution in [3.05, 3.63) is 0 Å². The van der Waals surface area contributed by atoms with Crippen LogP contribution in [0.2, 0.25) is 0 Å². The van der Waals surface area contributed by atoms with Crippen molar-refractivity contribution in [2.24, 2.45) is 11.7 Å². The van der Waals surface area contributed by atoms with Crippen molar-refractivity contribution in [1.29, 1.82) is 0 Å². The van der Waals surface area contributed by atoms with Crippen LogP contribution in [-0.2, 0) is 4.79 Å². The first-order valence-electron chi connectivity index (χ1n) is 5.12. The summed E-state index contributed by atoms with van der Waals surface area (Å²) in [6.07, 6.45) is 2.78. The number of carbonyl (C=O) groups is 1. The molecular formula is C10H22N2O. The van der Waals surface area contributed by atoms with Crippen molar-refractivity contribution in [2.75, 3.05) is 6.54 Å². The fourth-order valence-corrected chi connectivity index (χ4v) is 1.36. The molecule has 0 spiro atoms. The molecule has 0 radical (unpaired) electrons. The predicted molar refractivity (Wildman–Crippen MR) is 55.3 cm³/mol. The Hall–Kier alpha value is -0.570. The van der Waals surface area contributed by atoms with Gasteiger partial charge in [-0.25, -0.2) is 0 Å². The monoisotopic (exact) mass is 186 g/mol. The molecular weight excluding hydrogens is 164 g/mol. The van der Waals surface area contributed by atoms with Crippen LogP contribution >= 0.6 is 0 Å². The molecule has 0 bridgehead atoms. The molecule has 0 aromatic rings. The summed E-state index contributed by atoms with van der Waals surface area (Å²) in [5.41, 5.74) is 5.45. The third-order valence-corrected chi connectivity index (χ3v) is 1.95. The van der Waals surface area contributed by atoms with Gasteiger partial charge in [0.1, 0.15) is 0 Å². The fourth-order valence-electron chi connectivity index (χ4n) is 1.36. The van der Waals surface area contributed by atoms with Crippen LogP contribution in [0.3, 0.4) is 0 Å². The molecule has 1 unspecified atom stereocenters. The topological polar surface area (TPSA) is 55.1 Å². The van der Waals surface area contributed by atoms with E-state index in [1.54, 1.807) is 0 Å². The zero-order valence-corrected chi connectivity index (χ0v) is 8.97. The van der Waals surface area contributed by atoms with Gasteiger partial charge >= 0.3 is 0 Å². The van der Waals surface area contributed by atoms with Gasteiger partial charge in [0.2, 0.25) is 5.91 Å². The Morgan fingerprint density at radius 1 is 1.38 bits per heavy atom. The van der Waals surface area contributed by atoms with Crippen molar-refractivity contribution >= 4 is 5.91 Å². The predicted octanol–water partition coefficient (Wildman–Crippen LogP) is 1.28. The first-order valence-corrected chi connectivity index (χ1v) is 5.12. The molecule has 0 rings (SSSR count). The lowest BCUT2D eigenvalue weighted by Gasteiger charge is -2.16. The van der Waals surface area contributed by atoms with E-state index in [-0.39, 0.29) is 17.9 Å². The molecule has 0 aromatic heterocycles. The van der Waals surface area contributed by atoms with Gasteiger partial charge in [0.05, 0.1) is 0 Å². The van der Waals surface area contributed by atoms with E-state index in [0.717, 1.165) is 19.3 Å². The van der Waals surface area contributed by atoms with Crippen LogP contribution in [0.1, 0.15) is 40.0 Å². The molecule has 0 aliphatic heterocycles. The van der Waals surface area contributed by atoms with Gasteiger partial charge in [0.25, 0.3) is 0 Å². The van der Waals surface area contributed by atoms with Crippen molar-refractivity contribution in [3.63, 3.8) is 0 Å². The maximum Gasteiger partial charge on any atom is 0.223 e. The minimum absolute atomic E-state index is 0.109. The molecule has 0 aliphatic rings. The van der Waals surface area contributed by atoms with Crippen LogP contribution in [0.15, 0.2) is 0 Å². The quantitative estimate of drug-likeness (QED) is 0.656. The SMILES string of the molecule is CCCC(CCN)C(=O)NC(C)C. The number of hydrogen-bond donors (Lipinski definition) is 2. The summed E-state index contributed by atoms with van der Waals surface area (Å²) in [6.45, 7) is 6.63. The molecule has 13 heavy (non-hydrogen) atoms. The van der Waals surface area contributed by atoms with Crippen LogP contribution in [-0.4, -0.2) is 18.5 Å². The Bertz CT molecular complexity index is 140. The van der Waals surface area contributed by atoms with Crippen molar-refractivity contribution in [3.8, 4) is 0 Å². The summed E-state index contributed by atoms with van der Waals surface area (Å²) in [6, 6.07) is 0.227. The van der Waals surface area contributed by atoms with E-state index in [1.807, 2.05) is 13.8 Å². The lowest BCUT2D eigenvalue weighted by molar-refractivity contribution is -0.125. The molecule has 0 saturated heterocycles. The second-order valence-electron chi connectivity index (χ2n) is 3.73. The average Bonchev–Trinajstić information content (AvgIpc) is 2.02. The first kappa shape index (κ1) is 12.4. The zero-order chi connectivity index (χ0) is 10.3. The van der Waals surface area contributed by atoms with Gasteiger partial charge < -0.3 is 11.1 Å². The van der Waals surface area contributed by atoms with E-state index >= 15 is 0 Å². The van der Waals surface area contributed by atoms with E-state index in [9.17, 15) is 4.79 Å². The Kier molecular flexibility index (Phi) is 6.59. The van der Waals surface area contributed by atoms with E-state index in [0.29, 0.717) is 6.54 Å². The van der Waals surface area contributed by atoms with Crippen LogP contribution in [0.5, 0.6) is 0 Å². The van der Waals surface area contributed by atoms with E-state index in [1.165, 1.54) is 0 Å². The van der Waals surface area contributed by atoms with Gasteiger partial charge in [-0.05, 0) is 33.2 Å². The highest BCUT2D eigenvalue weighted by Crippen LogP contribution is 2.10. The second kappa shape index (κ2) is 6.89. The standard InChI is InChI=1S/C10H22N2O/c1-4-5-9(6-7-11)10(13)12-8(2)3/h8-9H,4-7,11H2,1-3H3,(H,12,13). The molecule has 1 amide bonds. The van der Waals surface area contributed by atoms with Gasteiger partial charge in [-0.15, -0.1) is 0 Å². The maximum absolute atomic E-state index is 11.6. The summed E-state index contributed by atoms with van der Waals surface area (Å²) in [5.74, 6) is 0.264. The highest BCUT2D eigenvalue weighted by molar-refractivity contribution is 5.78. The summed E-state index contributed by atoms with van der Waals surface area (Å²) in [7, 11) is 0. The maximum atomic E-state index is 11.6. The number of rotatable bonds is 6. The molecule has 3 N–H and O–H groups in total. The highest BCUT2D eigenvalue weighted by Gasteiger charge is 2.16. The molecule has 1 atom stereocenters. The molecule has 0 fully saturated rings. The van der Waals surface area contributed by atoms with E-state index in [4.69, 9.17) is 5.73 Å². The van der Waals surface area contributed by atoms with Crippen molar-refractivity contribution in [1.82, 2.24) is 5.32 Å². The van der Waals surface area contributed by atoms with Crippen molar-refractivity contribution < 1.29 is 4.79 Å². The van der Waals surface area contributed by atoms with E-state index < -0.39 is 0 Å². The van der Waals surface area contributed by atoms with Crippen LogP contribution in [0.25, 0.3) is 0 Å². The Morgan fingerprint density at radius 3 is 2.38 bits per heavy atom. The normalized spacial score (nSPS) is 13.0. The Morgan fingerprint density at radius 2 is 2.00 bits per heavy atom. The number of carbonyl (C=O) groups excluding carboxylic acids is 1. The number of hydrogen-bond acceptors (Lipinski definition) is 2. The molecule has 3 nitrogen and oxygen atoms in total. The third kappa shape index (κ3) is 5.64. The molecule has 3 heteroatoms. The van der Waals surface area contributed by atoms with Crippen LogP contribution in [0, 0.1) is 5.92 Å². The number of amides is 1. The van der Waals surface area contributed by atoms with E-state index in [2.05, 4.69) is 12.2 Å². The molecule has 78 valence electrons. The summed E-state index contributed by atoms with van der Waals surface area (Å²) in [5, 5.41) is 2.92. The number of nitrogens with one attached hydrogen (secondary N) is 1. The smallest absolute Gasteiger partial charge is 0.223 e. The third-order valence-electron chi connectivity index (χ3n) is 1.95. The van der Waals surface area contributed by atoms with Gasteiger partial charge in [-0.3, -0.25) is 4.79 Å². The highest BCUT2D eigenvalue weighted by atomic mass is 16.1. The fraction of sp³-hybridized carbons (Fsp3) is 0.900. The number of nitrogens with two attached hydrogens (primary N) is 1. The summed E-state index contributed by atoms with van der Waals surface area (Å²) < 4.78 is 0. The summed E-state index contributed by atoms with van der Waals surface area (Å²) >= 11 is 0. The summed E-state index contributed by atoms with van der Waals surface area (Å²) in [4.78, 5) is 11.6. The first-order chi connectivity index (χ1) is 6.11. The molecule has 0 saturated carbocycles. The largest absolute Gasteiger partial charge is 0.354 e. The van der Waals surface area contributed by atoms with Gasteiger partial charge in [-0.2, -0.15) is 0 Å². The zero-order valence-electron chi connectivity index (χ0n) is 8.97. The molecule has 0 heterocycles. The molecule has 0 aliphatic carbocycles. The molecule has 0 aromatic carbocycles. The van der Waals surface area contributed by atoms with Crippen LogP contribution < -0.4 is 11.1 Å². The minimum atomic E-state index is 0.109. The minimum Gasteiger partial charge on any atom is -0.354 e. The second-order valence-corrected chi connectivity index (χ2v) is 3.73. The Labute approximate surface area is 81.1 Å². The lowest BCUT2D eigenvalue weighted by atomic mass is 9.98. The van der Waals surface area contributed by atoms with Crippen LogP contribution in [0.4, 0.5) is 0 Å². The Balaban J connectivity index is 3.95. The average molecular weight is 186 g/mol. The van der Waals surface area contributed by atoms with Crippen molar-refractivity contribution in [2.45, 2.75) is 46.1 Å². The lowest BCUT2D eigenvalue weighted by Crippen LogP contribution is -2.36.